The number of hydrogen-bond donors (Lipinski definition) is 3. The van der Waals surface area contributed by atoms with Crippen LogP contribution in [0.1, 0.15) is 37.3 Å². The predicted molar refractivity (Wildman–Crippen MR) is 159 cm³/mol. The summed E-state index contributed by atoms with van der Waals surface area (Å²) in [5.41, 5.74) is 1.58. The molecule has 1 saturated heterocycles. The third kappa shape index (κ3) is 6.38. The highest BCUT2D eigenvalue weighted by Crippen LogP contribution is 2.37. The number of aliphatic hydroxyl groups is 3. The molecule has 2 aliphatic rings. The first-order valence-corrected chi connectivity index (χ1v) is 14.9. The van der Waals surface area contributed by atoms with Gasteiger partial charge in [0.15, 0.2) is 6.10 Å². The summed E-state index contributed by atoms with van der Waals surface area (Å²) in [5.74, 6) is -0.593. The number of anilines is 1. The first-order chi connectivity index (χ1) is 20.7. The van der Waals surface area contributed by atoms with E-state index in [1.54, 1.807) is 30.5 Å². The Hall–Kier alpha value is -2.79. The number of carbonyl (C=O) groups excluding carboxylic acids is 1. The van der Waals surface area contributed by atoms with Gasteiger partial charge in [0.05, 0.1) is 46.6 Å². The quantitative estimate of drug-likeness (QED) is 0.347. The maximum absolute atomic E-state index is 14.5. The van der Waals surface area contributed by atoms with E-state index in [4.69, 9.17) is 44.3 Å². The molecule has 1 saturated carbocycles. The lowest BCUT2D eigenvalue weighted by molar-refractivity contribution is -0.211. The first-order valence-electron chi connectivity index (χ1n) is 13.7. The van der Waals surface area contributed by atoms with E-state index in [9.17, 15) is 25.4 Å². The molecule has 1 aliphatic heterocycles. The van der Waals surface area contributed by atoms with Gasteiger partial charge < -0.3 is 29.7 Å². The number of aliphatic hydroxyl groups excluding tert-OH is 3. The summed E-state index contributed by atoms with van der Waals surface area (Å²) >= 11 is 18.6. The second kappa shape index (κ2) is 13.5. The van der Waals surface area contributed by atoms with Crippen LogP contribution in [-0.4, -0.2) is 86.5 Å². The number of nitriles is 1. The molecule has 5 rings (SSSR count). The minimum absolute atomic E-state index is 0.234. The van der Waals surface area contributed by atoms with Crippen molar-refractivity contribution in [2.24, 2.45) is 0 Å². The highest BCUT2D eigenvalue weighted by Gasteiger charge is 2.52. The van der Waals surface area contributed by atoms with Gasteiger partial charge in [-0.25, -0.2) is 4.68 Å². The number of halogens is 3. The van der Waals surface area contributed by atoms with E-state index in [0.29, 0.717) is 39.8 Å². The number of rotatable bonds is 7. The van der Waals surface area contributed by atoms with E-state index in [1.807, 2.05) is 6.07 Å². The van der Waals surface area contributed by atoms with E-state index >= 15 is 0 Å². The average molecular weight is 651 g/mol. The first kappa shape index (κ1) is 31.6. The van der Waals surface area contributed by atoms with Crippen molar-refractivity contribution in [1.82, 2.24) is 15.0 Å². The van der Waals surface area contributed by atoms with Gasteiger partial charge in [0.25, 0.3) is 5.91 Å². The van der Waals surface area contributed by atoms with Crippen molar-refractivity contribution in [3.05, 3.63) is 63.2 Å². The fourth-order valence-corrected chi connectivity index (χ4v) is 6.39. The van der Waals surface area contributed by atoms with Crippen molar-refractivity contribution in [3.8, 4) is 17.3 Å². The van der Waals surface area contributed by atoms with E-state index < -0.39 is 55.1 Å². The summed E-state index contributed by atoms with van der Waals surface area (Å²) in [7, 11) is 1.37. The van der Waals surface area contributed by atoms with Gasteiger partial charge in [-0.3, -0.25) is 4.79 Å². The summed E-state index contributed by atoms with van der Waals surface area (Å²) < 4.78 is 13.2. The standard InChI is InChI=1S/C29H30Cl3N5O6/c1-42-27-25(36-13-21(34-35-36)16-6-7-19(31)20(32)10-16)26(40)24(14-38)43-28(27)29(41)37(22-4-2-3-5-23(22)39)18-9-15(12-33)8-17(30)11-18/h6-11,13,22-28,38-40H,2-5,14H2,1H3/t22-,23-,24?,25?,26?,27?,28?/m0/s1. The third-order valence-electron chi connectivity index (χ3n) is 7.97. The Balaban J connectivity index is 1.55. The lowest BCUT2D eigenvalue weighted by atomic mass is 9.88. The zero-order valence-electron chi connectivity index (χ0n) is 23.1. The normalized spacial score (nSPS) is 27.4. The number of aromatic nitrogens is 3. The van der Waals surface area contributed by atoms with Crippen LogP contribution in [0.3, 0.4) is 0 Å². The topological polar surface area (TPSA) is 154 Å². The van der Waals surface area contributed by atoms with Gasteiger partial charge in [0.2, 0.25) is 0 Å². The molecule has 1 amide bonds. The summed E-state index contributed by atoms with van der Waals surface area (Å²) in [6.45, 7) is -0.603. The lowest BCUT2D eigenvalue weighted by Crippen LogP contribution is -2.63. The maximum atomic E-state index is 14.5. The Labute approximate surface area is 263 Å². The van der Waals surface area contributed by atoms with Gasteiger partial charge >= 0.3 is 0 Å². The Bertz CT molecular complexity index is 1520. The van der Waals surface area contributed by atoms with Gasteiger partial charge in [-0.15, -0.1) is 5.10 Å². The van der Waals surface area contributed by atoms with Crippen LogP contribution >= 0.6 is 34.8 Å². The number of benzene rings is 2. The molecule has 1 aliphatic carbocycles. The molecule has 0 spiro atoms. The Morgan fingerprint density at radius 2 is 1.93 bits per heavy atom. The Morgan fingerprint density at radius 1 is 1.16 bits per heavy atom. The van der Waals surface area contributed by atoms with Crippen molar-refractivity contribution >= 4 is 46.4 Å². The highest BCUT2D eigenvalue weighted by atomic mass is 35.5. The molecular formula is C29H30Cl3N5O6. The molecule has 2 heterocycles. The molecule has 228 valence electrons. The Kier molecular flexibility index (Phi) is 9.90. The van der Waals surface area contributed by atoms with E-state index in [-0.39, 0.29) is 10.6 Å². The van der Waals surface area contributed by atoms with E-state index in [0.717, 1.165) is 12.8 Å². The molecule has 0 radical (unpaired) electrons. The van der Waals surface area contributed by atoms with Crippen molar-refractivity contribution in [1.29, 1.82) is 5.26 Å². The van der Waals surface area contributed by atoms with Crippen LogP contribution < -0.4 is 4.90 Å². The maximum Gasteiger partial charge on any atom is 0.259 e. The molecule has 1 aromatic heterocycles. The summed E-state index contributed by atoms with van der Waals surface area (Å²) in [6, 6.07) is 9.90. The van der Waals surface area contributed by atoms with Crippen molar-refractivity contribution < 1.29 is 29.6 Å². The van der Waals surface area contributed by atoms with Crippen LogP contribution in [0.5, 0.6) is 0 Å². The van der Waals surface area contributed by atoms with Crippen LogP contribution in [0.25, 0.3) is 11.3 Å². The fourth-order valence-electron chi connectivity index (χ4n) is 5.86. The number of amides is 1. The smallest absolute Gasteiger partial charge is 0.259 e. The van der Waals surface area contributed by atoms with Gasteiger partial charge in [-0.2, -0.15) is 5.26 Å². The number of hydrogen-bond acceptors (Lipinski definition) is 9. The molecule has 11 nitrogen and oxygen atoms in total. The second-order valence-electron chi connectivity index (χ2n) is 10.6. The number of carbonyl (C=O) groups is 1. The van der Waals surface area contributed by atoms with Gasteiger partial charge in [0, 0.05) is 23.4 Å². The molecule has 2 aromatic carbocycles. The van der Waals surface area contributed by atoms with Crippen LogP contribution in [0.2, 0.25) is 15.1 Å². The van der Waals surface area contributed by atoms with E-state index in [1.165, 1.54) is 28.8 Å². The summed E-state index contributed by atoms with van der Waals surface area (Å²) in [4.78, 5) is 15.9. The fraction of sp³-hybridized carbons (Fsp3) is 0.448. The summed E-state index contributed by atoms with van der Waals surface area (Å²) in [6.07, 6.45) is -1.71. The summed E-state index contributed by atoms with van der Waals surface area (Å²) in [5, 5.41) is 51.4. The van der Waals surface area contributed by atoms with E-state index in [2.05, 4.69) is 10.3 Å². The van der Waals surface area contributed by atoms with Crippen molar-refractivity contribution in [2.75, 3.05) is 18.6 Å². The number of methoxy groups -OCH3 is 1. The second-order valence-corrected chi connectivity index (χ2v) is 11.9. The molecule has 43 heavy (non-hydrogen) atoms. The van der Waals surface area contributed by atoms with Gasteiger partial charge in [-0.05, 0) is 43.2 Å². The monoisotopic (exact) mass is 649 g/mol. The molecular weight excluding hydrogens is 621 g/mol. The number of nitrogens with zero attached hydrogens (tertiary/aromatic N) is 5. The zero-order chi connectivity index (χ0) is 30.8. The Morgan fingerprint density at radius 3 is 2.60 bits per heavy atom. The SMILES string of the molecule is COC1C(C(=O)N(c2cc(Cl)cc(C#N)c2)[C@H]2CCCC[C@@H]2O)OC(CO)C(O)C1n1cc(-c2ccc(Cl)c(Cl)c2)nn1. The molecule has 5 unspecified atom stereocenters. The average Bonchev–Trinajstić information content (AvgIpc) is 3.48. The van der Waals surface area contributed by atoms with Crippen LogP contribution in [0.15, 0.2) is 42.6 Å². The molecule has 3 aromatic rings. The van der Waals surface area contributed by atoms with Crippen molar-refractivity contribution in [3.63, 3.8) is 0 Å². The minimum atomic E-state index is -1.35. The van der Waals surface area contributed by atoms with Crippen molar-refractivity contribution in [2.45, 2.75) is 68.3 Å². The third-order valence-corrected chi connectivity index (χ3v) is 8.92. The molecule has 7 atom stereocenters. The molecule has 14 heteroatoms. The predicted octanol–water partition coefficient (Wildman–Crippen LogP) is 3.79. The van der Waals surface area contributed by atoms with Crippen LogP contribution in [-0.2, 0) is 14.3 Å². The van der Waals surface area contributed by atoms with Crippen LogP contribution in [0, 0.1) is 11.3 Å². The largest absolute Gasteiger partial charge is 0.394 e. The molecule has 0 bridgehead atoms. The highest BCUT2D eigenvalue weighted by molar-refractivity contribution is 6.42. The zero-order valence-corrected chi connectivity index (χ0v) is 25.3. The molecule has 3 N–H and O–H groups in total. The van der Waals surface area contributed by atoms with Gasteiger partial charge in [0.1, 0.15) is 30.0 Å². The van der Waals surface area contributed by atoms with Crippen LogP contribution in [0.4, 0.5) is 5.69 Å². The lowest BCUT2D eigenvalue weighted by Gasteiger charge is -2.46. The minimum Gasteiger partial charge on any atom is -0.394 e. The van der Waals surface area contributed by atoms with Gasteiger partial charge in [-0.1, -0.05) is 58.9 Å². The molecule has 2 fully saturated rings. The number of ether oxygens (including phenoxy) is 2.